The van der Waals surface area contributed by atoms with Crippen LogP contribution in [0, 0.1) is 23.2 Å². The third-order valence-corrected chi connectivity index (χ3v) is 12.2. The van der Waals surface area contributed by atoms with Crippen LogP contribution in [-0.2, 0) is 42.9 Å². The first kappa shape index (κ1) is 27.9. The molecule has 0 aromatic heterocycles. The van der Waals surface area contributed by atoms with Crippen LogP contribution in [0.15, 0.2) is 11.3 Å². The Labute approximate surface area is 247 Å². The molecule has 4 N–H and O–H groups in total. The summed E-state index contributed by atoms with van der Waals surface area (Å²) >= 11 is 0. The van der Waals surface area contributed by atoms with Gasteiger partial charge in [0, 0.05) is 42.1 Å². The van der Waals surface area contributed by atoms with Gasteiger partial charge in [0.1, 0.15) is 35.6 Å². The van der Waals surface area contributed by atoms with E-state index in [1.807, 2.05) is 13.8 Å². The number of nitrogens with one attached hydrogen (secondary N) is 1. The molecule has 43 heavy (non-hydrogen) atoms. The fourth-order valence-electron chi connectivity index (χ4n) is 10.5. The molecular weight excluding hydrogens is 566 g/mol. The van der Waals surface area contributed by atoms with Gasteiger partial charge >= 0.3 is 11.9 Å². The maximum Gasteiger partial charge on any atom is 0.341 e. The second-order valence-corrected chi connectivity index (χ2v) is 14.9. The highest BCUT2D eigenvalue weighted by Crippen LogP contribution is 2.71. The van der Waals surface area contributed by atoms with Crippen LogP contribution in [0.2, 0.25) is 0 Å². The zero-order valence-electron chi connectivity index (χ0n) is 24.7. The molecule has 13 atom stereocenters. The van der Waals surface area contributed by atoms with Crippen molar-refractivity contribution in [1.29, 1.82) is 0 Å². The van der Waals surface area contributed by atoms with Gasteiger partial charge in [0.05, 0.1) is 18.1 Å². The largest absolute Gasteiger partial charge is 0.507 e. The number of amides is 1. The molecule has 3 spiro atoms. The SMILES string of the molecule is CC(=O)N[C@H]1C[C@H]2C(C)(C)O[C@@H]3CC(=O)O[C@@]32C[C@]23CC[C@]4(C)C(=O)[C@H](O)[C@@H]5[C@H]6OC(=O)[C@](C)(O)[C@H]6O[C@](O2)(C(O)=C13)[C@@H]54. The van der Waals surface area contributed by atoms with Gasteiger partial charge in [-0.25, -0.2) is 4.79 Å². The normalized spacial score (nSPS) is 55.4. The minimum atomic E-state index is -2.17. The number of fused-ring (bicyclic) bond motifs is 2. The number of Topliss-reactive ketones (excluding diaryl/α,β-unsaturated/α-hetero) is 1. The van der Waals surface area contributed by atoms with Gasteiger partial charge in [-0.1, -0.05) is 6.92 Å². The van der Waals surface area contributed by atoms with Crippen molar-refractivity contribution < 1.29 is 58.2 Å². The van der Waals surface area contributed by atoms with Gasteiger partial charge in [-0.15, -0.1) is 0 Å². The number of esters is 2. The van der Waals surface area contributed by atoms with E-state index in [0.717, 1.165) is 0 Å². The molecule has 2 bridgehead atoms. The number of aliphatic hydroxyl groups is 3. The lowest BCUT2D eigenvalue weighted by molar-refractivity contribution is -0.353. The highest BCUT2D eigenvalue weighted by Gasteiger charge is 2.83. The number of carbonyl (C=O) groups is 4. The fraction of sp³-hybridized carbons (Fsp3) is 0.800. The summed E-state index contributed by atoms with van der Waals surface area (Å²) in [5.74, 6) is -7.13. The Morgan fingerprint density at radius 3 is 2.49 bits per heavy atom. The highest BCUT2D eigenvalue weighted by atomic mass is 16.8. The molecule has 0 aromatic rings. The first-order chi connectivity index (χ1) is 19.9. The Morgan fingerprint density at radius 2 is 1.79 bits per heavy atom. The van der Waals surface area contributed by atoms with Crippen molar-refractivity contribution >= 4 is 23.6 Å². The first-order valence-corrected chi connectivity index (χ1v) is 15.1. The number of hydrogen-bond donors (Lipinski definition) is 4. The molecule has 7 fully saturated rings. The van der Waals surface area contributed by atoms with Gasteiger partial charge in [0.2, 0.25) is 11.7 Å². The molecule has 0 aromatic carbocycles. The molecule has 6 heterocycles. The van der Waals surface area contributed by atoms with Crippen molar-refractivity contribution in [2.24, 2.45) is 23.2 Å². The van der Waals surface area contributed by atoms with E-state index in [2.05, 4.69) is 5.32 Å². The van der Waals surface area contributed by atoms with Crippen LogP contribution in [0.1, 0.15) is 66.7 Å². The zero-order valence-corrected chi connectivity index (χ0v) is 24.7. The van der Waals surface area contributed by atoms with E-state index in [-0.39, 0.29) is 49.7 Å². The molecule has 5 saturated heterocycles. The Morgan fingerprint density at radius 1 is 1.07 bits per heavy atom. The van der Waals surface area contributed by atoms with Crippen molar-refractivity contribution in [3.05, 3.63) is 11.3 Å². The predicted octanol–water partition coefficient (Wildman–Crippen LogP) is 0.0929. The number of aliphatic hydroxyl groups excluding tert-OH is 2. The zero-order chi connectivity index (χ0) is 30.9. The van der Waals surface area contributed by atoms with Gasteiger partial charge in [-0.3, -0.25) is 14.4 Å². The summed E-state index contributed by atoms with van der Waals surface area (Å²) in [6, 6.07) is -0.796. The Hall–Kier alpha value is -2.58. The average molecular weight is 604 g/mol. The van der Waals surface area contributed by atoms with Crippen LogP contribution in [0.25, 0.3) is 0 Å². The van der Waals surface area contributed by atoms with Crippen molar-refractivity contribution in [2.75, 3.05) is 0 Å². The van der Waals surface area contributed by atoms with Crippen LogP contribution in [0.5, 0.6) is 0 Å². The molecule has 8 aliphatic rings. The second-order valence-electron chi connectivity index (χ2n) is 14.9. The van der Waals surface area contributed by atoms with E-state index in [1.54, 1.807) is 6.92 Å². The summed E-state index contributed by atoms with van der Waals surface area (Å²) in [4.78, 5) is 52.2. The number of ketones is 1. The Bertz CT molecular complexity index is 1440. The molecule has 1 amide bonds. The van der Waals surface area contributed by atoms with E-state index in [1.165, 1.54) is 13.8 Å². The van der Waals surface area contributed by atoms with Crippen LogP contribution in [0.4, 0.5) is 0 Å². The van der Waals surface area contributed by atoms with Crippen molar-refractivity contribution in [1.82, 2.24) is 5.32 Å². The number of carbonyl (C=O) groups excluding carboxylic acids is 4. The summed E-state index contributed by atoms with van der Waals surface area (Å²) < 4.78 is 31.7. The molecule has 6 aliphatic heterocycles. The predicted molar refractivity (Wildman–Crippen MR) is 140 cm³/mol. The number of ether oxygens (including phenoxy) is 5. The summed E-state index contributed by atoms with van der Waals surface area (Å²) in [7, 11) is 0. The smallest absolute Gasteiger partial charge is 0.341 e. The third kappa shape index (κ3) is 3.01. The lowest BCUT2D eigenvalue weighted by atomic mass is 9.63. The van der Waals surface area contributed by atoms with Crippen LogP contribution in [-0.4, -0.2) is 97.6 Å². The van der Waals surface area contributed by atoms with Gasteiger partial charge in [-0.2, -0.15) is 0 Å². The second kappa shape index (κ2) is 7.79. The van der Waals surface area contributed by atoms with Gasteiger partial charge in [0.15, 0.2) is 17.1 Å². The highest BCUT2D eigenvalue weighted by molar-refractivity contribution is 5.93. The first-order valence-electron chi connectivity index (χ1n) is 15.1. The van der Waals surface area contributed by atoms with E-state index in [4.69, 9.17) is 23.7 Å². The Balaban J connectivity index is 1.38. The van der Waals surface area contributed by atoms with Gasteiger partial charge in [-0.05, 0) is 40.0 Å². The maximum atomic E-state index is 13.9. The van der Waals surface area contributed by atoms with E-state index in [0.29, 0.717) is 5.57 Å². The summed E-state index contributed by atoms with van der Waals surface area (Å²) in [6.07, 6.45) is -4.02. The molecule has 234 valence electrons. The van der Waals surface area contributed by atoms with E-state index >= 15 is 0 Å². The molecule has 8 rings (SSSR count). The lowest BCUT2D eigenvalue weighted by Crippen LogP contribution is -2.64. The molecule has 0 unspecified atom stereocenters. The quantitative estimate of drug-likeness (QED) is 0.297. The third-order valence-electron chi connectivity index (χ3n) is 12.2. The number of rotatable bonds is 1. The van der Waals surface area contributed by atoms with E-state index < -0.39 is 93.6 Å². The minimum Gasteiger partial charge on any atom is -0.507 e. The summed E-state index contributed by atoms with van der Waals surface area (Å²) in [5, 5.41) is 38.0. The van der Waals surface area contributed by atoms with E-state index in [9.17, 15) is 34.5 Å². The minimum absolute atomic E-state index is 0.0344. The van der Waals surface area contributed by atoms with Gasteiger partial charge in [0.25, 0.3) is 0 Å². The summed E-state index contributed by atoms with van der Waals surface area (Å²) in [5.41, 5.74) is -6.41. The average Bonchev–Trinajstić information content (AvgIpc) is 3.47. The number of hydrogen-bond acceptors (Lipinski definition) is 12. The van der Waals surface area contributed by atoms with Gasteiger partial charge < -0.3 is 44.3 Å². The molecule has 13 heteroatoms. The fourth-order valence-corrected chi connectivity index (χ4v) is 10.5. The monoisotopic (exact) mass is 603 g/mol. The standard InChI is InChI=1S/C30H37NO12/c1-11(32)31-12-8-13-25(2,3)40-14-9-15(33)41-29(13,14)10-28-7-6-26(4)20-16(18(34)22(26)36)19-23(27(5,38)24(37)39-19)42-30(20,43-28)21(35)17(12)28/h12-14,16,18-20,23,34-35,38H,6-10H2,1-5H3,(H,31,32)/t12-,13-,14+,16+,18+,19+,20-,23-,26-,27+,28-,29+,30+/m0/s1. The molecule has 0 radical (unpaired) electrons. The van der Waals surface area contributed by atoms with Crippen LogP contribution >= 0.6 is 0 Å². The van der Waals surface area contributed by atoms with Crippen molar-refractivity contribution in [3.63, 3.8) is 0 Å². The molecule has 2 aliphatic carbocycles. The van der Waals surface area contributed by atoms with Crippen LogP contribution in [0.3, 0.4) is 0 Å². The van der Waals surface area contributed by atoms with Crippen molar-refractivity contribution in [3.8, 4) is 0 Å². The maximum absolute atomic E-state index is 13.9. The molecule has 13 nitrogen and oxygen atoms in total. The topological polar surface area (TPSA) is 187 Å². The Kier molecular flexibility index (Phi) is 5.06. The summed E-state index contributed by atoms with van der Waals surface area (Å²) in [6.45, 7) is 8.12. The molecule has 2 saturated carbocycles. The van der Waals surface area contributed by atoms with Crippen LogP contribution < -0.4 is 5.32 Å². The lowest BCUT2D eigenvalue weighted by Gasteiger charge is -2.51. The van der Waals surface area contributed by atoms with Crippen molar-refractivity contribution in [2.45, 2.75) is 125 Å². The molecular formula is C30H37NO12.